The molecule has 12 heteroatoms. The van der Waals surface area contributed by atoms with Crippen LogP contribution in [0.15, 0.2) is 83.3 Å². The van der Waals surface area contributed by atoms with Gasteiger partial charge in [-0.25, -0.2) is 14.6 Å². The molecule has 0 aliphatic carbocycles. The van der Waals surface area contributed by atoms with Gasteiger partial charge >= 0.3 is 12.2 Å². The van der Waals surface area contributed by atoms with E-state index in [0.29, 0.717) is 17.2 Å². The van der Waals surface area contributed by atoms with E-state index in [4.69, 9.17) is 13.9 Å². The number of carbonyl (C=O) groups excluding carboxylic acids is 1. The first-order valence-electron chi connectivity index (χ1n) is 15.1. The second kappa shape index (κ2) is 16.1. The second-order valence-corrected chi connectivity index (χ2v) is 12.0. The van der Waals surface area contributed by atoms with Crippen LogP contribution in [-0.2, 0) is 24.2 Å². The Kier molecular flexibility index (Phi) is 12.0. The molecule has 46 heavy (non-hydrogen) atoms. The maximum atomic E-state index is 12.6. The number of rotatable bonds is 15. The Bertz CT molecular complexity index is 1510. The molecule has 0 saturated carbocycles. The fourth-order valence-electron chi connectivity index (χ4n) is 4.82. The van der Waals surface area contributed by atoms with Gasteiger partial charge in [-0.1, -0.05) is 54.6 Å². The first kappa shape index (κ1) is 34.2. The summed E-state index contributed by atoms with van der Waals surface area (Å²) in [6.07, 6.45) is -3.52. The summed E-state index contributed by atoms with van der Waals surface area (Å²) in [5, 5.41) is 39.3. The standard InChI is InChI=1S/C34H42N4O8/c1-34(2,3)46-33(43)38-27(29(40)20-35-19-28(39)26(37-32(41)42)17-22-9-5-4-6-10-22)18-23-13-15-24(16-14-23)44-21-31-36-25-11-7-8-12-30(25)45-31/h4-16,26-29,35,37,39-40H,17-21H2,1-3H3,(H,38,43)(H,41,42)/t26-,27-,28+,29?/m0/s1. The Labute approximate surface area is 267 Å². The summed E-state index contributed by atoms with van der Waals surface area (Å²) in [6, 6.07) is 22.4. The lowest BCUT2D eigenvalue weighted by Crippen LogP contribution is -2.52. The van der Waals surface area contributed by atoms with Crippen molar-refractivity contribution in [2.24, 2.45) is 0 Å². The third-order valence-electron chi connectivity index (χ3n) is 7.02. The molecule has 1 heterocycles. The number of hydrogen-bond donors (Lipinski definition) is 6. The predicted molar refractivity (Wildman–Crippen MR) is 172 cm³/mol. The van der Waals surface area contributed by atoms with Crippen LogP contribution in [0.1, 0.15) is 37.8 Å². The molecular formula is C34H42N4O8. The lowest BCUT2D eigenvalue weighted by Gasteiger charge is -2.28. The van der Waals surface area contributed by atoms with Crippen molar-refractivity contribution in [3.63, 3.8) is 0 Å². The van der Waals surface area contributed by atoms with E-state index in [1.54, 1.807) is 32.9 Å². The van der Waals surface area contributed by atoms with Gasteiger partial charge in [-0.15, -0.1) is 0 Å². The summed E-state index contributed by atoms with van der Waals surface area (Å²) in [7, 11) is 0. The lowest BCUT2D eigenvalue weighted by molar-refractivity contribution is 0.0416. The van der Waals surface area contributed by atoms with Crippen LogP contribution in [0.3, 0.4) is 0 Å². The molecule has 0 saturated heterocycles. The van der Waals surface area contributed by atoms with Crippen molar-refractivity contribution in [2.45, 2.75) is 70.1 Å². The number of nitrogens with one attached hydrogen (secondary N) is 3. The molecule has 4 atom stereocenters. The van der Waals surface area contributed by atoms with Crippen LogP contribution in [0.4, 0.5) is 9.59 Å². The summed E-state index contributed by atoms with van der Waals surface area (Å²) in [5.74, 6) is 1.05. The number of fused-ring (bicyclic) bond motifs is 1. The van der Waals surface area contributed by atoms with Crippen LogP contribution in [0.5, 0.6) is 5.75 Å². The Morgan fingerprint density at radius 2 is 1.41 bits per heavy atom. The molecular weight excluding hydrogens is 592 g/mol. The predicted octanol–water partition coefficient (Wildman–Crippen LogP) is 4.03. The zero-order valence-corrected chi connectivity index (χ0v) is 26.2. The quantitative estimate of drug-likeness (QED) is 0.112. The average Bonchev–Trinajstić information content (AvgIpc) is 3.42. The number of nitrogens with zero attached hydrogens (tertiary/aromatic N) is 1. The van der Waals surface area contributed by atoms with Crippen LogP contribution in [0.25, 0.3) is 11.1 Å². The molecule has 2 amide bonds. The normalized spacial score (nSPS) is 14.2. The fraction of sp³-hybridized carbons (Fsp3) is 0.382. The minimum absolute atomic E-state index is 0.000120. The minimum atomic E-state index is -1.25. The molecule has 6 N–H and O–H groups in total. The van der Waals surface area contributed by atoms with Crippen molar-refractivity contribution in [1.82, 2.24) is 20.9 Å². The molecule has 4 rings (SSSR count). The zero-order chi connectivity index (χ0) is 33.1. The number of benzene rings is 3. The number of carboxylic acid groups (broad SMARTS) is 1. The Morgan fingerprint density at radius 1 is 0.826 bits per heavy atom. The third-order valence-corrected chi connectivity index (χ3v) is 7.02. The van der Waals surface area contributed by atoms with Crippen molar-refractivity contribution in [1.29, 1.82) is 0 Å². The van der Waals surface area contributed by atoms with Gasteiger partial charge in [0.25, 0.3) is 0 Å². The monoisotopic (exact) mass is 634 g/mol. The summed E-state index contributed by atoms with van der Waals surface area (Å²) in [5.41, 5.74) is 2.39. The fourth-order valence-corrected chi connectivity index (χ4v) is 4.82. The Hall–Kier alpha value is -4.65. The molecule has 0 aliphatic heterocycles. The highest BCUT2D eigenvalue weighted by Crippen LogP contribution is 2.19. The first-order chi connectivity index (χ1) is 21.9. The Morgan fingerprint density at radius 3 is 2.02 bits per heavy atom. The van der Waals surface area contributed by atoms with Crippen molar-refractivity contribution in [3.8, 4) is 5.75 Å². The van der Waals surface area contributed by atoms with Gasteiger partial charge in [0, 0.05) is 13.1 Å². The maximum absolute atomic E-state index is 12.6. The van der Waals surface area contributed by atoms with Crippen molar-refractivity contribution >= 4 is 23.3 Å². The molecule has 0 aliphatic rings. The van der Waals surface area contributed by atoms with Gasteiger partial charge in [-0.3, -0.25) is 0 Å². The summed E-state index contributed by atoms with van der Waals surface area (Å²) < 4.78 is 17.0. The van der Waals surface area contributed by atoms with Gasteiger partial charge in [-0.2, -0.15) is 0 Å². The number of para-hydroxylation sites is 2. The molecule has 0 spiro atoms. The van der Waals surface area contributed by atoms with Crippen molar-refractivity contribution < 1.29 is 38.8 Å². The number of aliphatic hydroxyl groups excluding tert-OH is 2. The van der Waals surface area contributed by atoms with E-state index < -0.39 is 42.1 Å². The van der Waals surface area contributed by atoms with Gasteiger partial charge in [-0.05, 0) is 69.0 Å². The molecule has 1 unspecified atom stereocenters. The van der Waals surface area contributed by atoms with Crippen molar-refractivity contribution in [3.05, 3.63) is 95.9 Å². The van der Waals surface area contributed by atoms with Gasteiger partial charge in [0.2, 0.25) is 5.89 Å². The number of amides is 2. The molecule has 4 aromatic rings. The summed E-state index contributed by atoms with van der Waals surface area (Å²) in [6.45, 7) is 5.41. The molecule has 1 aromatic heterocycles. The SMILES string of the molecule is CC(C)(C)OC(=O)N[C@@H](Cc1ccc(OCc2nc3ccccc3o2)cc1)C(O)CNC[C@@H](O)[C@H](Cc1ccccc1)NC(=O)O. The van der Waals surface area contributed by atoms with E-state index in [1.807, 2.05) is 66.7 Å². The third kappa shape index (κ3) is 11.1. The first-order valence-corrected chi connectivity index (χ1v) is 15.1. The number of ether oxygens (including phenoxy) is 2. The maximum Gasteiger partial charge on any atom is 0.407 e. The minimum Gasteiger partial charge on any atom is -0.484 e. The number of hydrogen-bond acceptors (Lipinski definition) is 9. The number of oxazole rings is 1. The van der Waals surface area contributed by atoms with Gasteiger partial charge in [0.1, 0.15) is 16.9 Å². The van der Waals surface area contributed by atoms with Crippen LogP contribution < -0.4 is 20.7 Å². The number of aliphatic hydroxyl groups is 2. The van der Waals surface area contributed by atoms with Crippen LogP contribution in [-0.4, -0.2) is 75.5 Å². The van der Waals surface area contributed by atoms with Gasteiger partial charge in [0.15, 0.2) is 12.2 Å². The topological polar surface area (TPSA) is 175 Å². The van der Waals surface area contributed by atoms with E-state index in [9.17, 15) is 24.9 Å². The average molecular weight is 635 g/mol. The molecule has 0 bridgehead atoms. The number of alkyl carbamates (subject to hydrolysis) is 1. The molecule has 3 aromatic carbocycles. The molecule has 0 radical (unpaired) electrons. The molecule has 246 valence electrons. The Balaban J connectivity index is 1.34. The smallest absolute Gasteiger partial charge is 0.407 e. The van der Waals surface area contributed by atoms with E-state index in [2.05, 4.69) is 20.9 Å². The second-order valence-electron chi connectivity index (χ2n) is 12.0. The van der Waals surface area contributed by atoms with E-state index in [-0.39, 0.29) is 32.5 Å². The van der Waals surface area contributed by atoms with Crippen LogP contribution in [0, 0.1) is 0 Å². The summed E-state index contributed by atoms with van der Waals surface area (Å²) in [4.78, 5) is 28.4. The molecule has 0 fully saturated rings. The number of aromatic nitrogens is 1. The zero-order valence-electron chi connectivity index (χ0n) is 26.2. The van der Waals surface area contributed by atoms with E-state index in [1.165, 1.54) is 0 Å². The van der Waals surface area contributed by atoms with Gasteiger partial charge in [0.05, 0.1) is 24.3 Å². The number of carbonyl (C=O) groups is 2. The van der Waals surface area contributed by atoms with E-state index >= 15 is 0 Å². The summed E-state index contributed by atoms with van der Waals surface area (Å²) >= 11 is 0. The highest BCUT2D eigenvalue weighted by molar-refractivity contribution is 5.72. The van der Waals surface area contributed by atoms with Crippen molar-refractivity contribution in [2.75, 3.05) is 13.1 Å². The lowest BCUT2D eigenvalue weighted by atomic mass is 10.00. The van der Waals surface area contributed by atoms with E-state index in [0.717, 1.165) is 16.6 Å². The highest BCUT2D eigenvalue weighted by atomic mass is 16.6. The molecule has 12 nitrogen and oxygen atoms in total. The highest BCUT2D eigenvalue weighted by Gasteiger charge is 2.26. The largest absolute Gasteiger partial charge is 0.484 e. The van der Waals surface area contributed by atoms with Gasteiger partial charge < -0.3 is 45.2 Å². The van der Waals surface area contributed by atoms with Crippen LogP contribution >= 0.6 is 0 Å². The van der Waals surface area contributed by atoms with Crippen LogP contribution in [0.2, 0.25) is 0 Å².